The highest BCUT2D eigenvalue weighted by Gasteiger charge is 2.30. The minimum absolute atomic E-state index is 0.0340. The van der Waals surface area contributed by atoms with Crippen LogP contribution in [-0.4, -0.2) is 31.6 Å². The van der Waals surface area contributed by atoms with E-state index in [9.17, 15) is 4.79 Å². The van der Waals surface area contributed by atoms with Crippen LogP contribution >= 0.6 is 0 Å². The highest BCUT2D eigenvalue weighted by atomic mass is 16.2. The Bertz CT molecular complexity index is 470. The number of carbonyl (C=O) groups is 1. The van der Waals surface area contributed by atoms with E-state index in [2.05, 4.69) is 49.2 Å². The Morgan fingerprint density at radius 1 is 1.47 bits per heavy atom. The molecule has 0 radical (unpaired) electrons. The van der Waals surface area contributed by atoms with Crippen LogP contribution in [0, 0.1) is 6.92 Å². The molecule has 0 spiro atoms. The number of nitrogens with zero attached hydrogens (tertiary/aromatic N) is 1. The molecule has 0 bridgehead atoms. The Kier molecular flexibility index (Phi) is 4.10. The van der Waals surface area contributed by atoms with Crippen molar-refractivity contribution in [1.29, 1.82) is 0 Å². The molecule has 2 rings (SSSR count). The minimum atomic E-state index is -0.257. The van der Waals surface area contributed by atoms with E-state index in [0.717, 1.165) is 6.54 Å². The molecule has 0 saturated carbocycles. The molecule has 1 aromatic carbocycles. The van der Waals surface area contributed by atoms with Gasteiger partial charge in [0.15, 0.2) is 0 Å². The number of anilines is 1. The summed E-state index contributed by atoms with van der Waals surface area (Å²) in [6.07, 6.45) is 0. The van der Waals surface area contributed by atoms with Crippen molar-refractivity contribution < 1.29 is 4.79 Å². The second-order valence-electron chi connectivity index (χ2n) is 5.40. The largest absolute Gasteiger partial charge is 0.356 e. The Hall–Kier alpha value is -1.55. The van der Waals surface area contributed by atoms with Crippen LogP contribution in [0.3, 0.4) is 0 Å². The third kappa shape index (κ3) is 2.59. The molecule has 1 heterocycles. The van der Waals surface area contributed by atoms with E-state index >= 15 is 0 Å². The first-order valence-corrected chi connectivity index (χ1v) is 6.90. The number of hydrogen-bond donors (Lipinski definition) is 2. The first kappa shape index (κ1) is 13.9. The maximum absolute atomic E-state index is 12.0. The third-order valence-corrected chi connectivity index (χ3v) is 3.73. The summed E-state index contributed by atoms with van der Waals surface area (Å²) in [7, 11) is 0. The van der Waals surface area contributed by atoms with Crippen LogP contribution in [0.1, 0.15) is 30.9 Å². The van der Waals surface area contributed by atoms with Crippen LogP contribution in [0.25, 0.3) is 0 Å². The maximum Gasteiger partial charge on any atom is 0.244 e. The molecule has 1 amide bonds. The van der Waals surface area contributed by atoms with Crippen LogP contribution in [0.2, 0.25) is 0 Å². The molecule has 4 nitrogen and oxygen atoms in total. The summed E-state index contributed by atoms with van der Waals surface area (Å²) in [6, 6.07) is 6.07. The van der Waals surface area contributed by atoms with Gasteiger partial charge in [0.2, 0.25) is 5.91 Å². The predicted molar refractivity (Wildman–Crippen MR) is 78.5 cm³/mol. The minimum Gasteiger partial charge on any atom is -0.356 e. The molecule has 1 aliphatic heterocycles. The predicted octanol–water partition coefficient (Wildman–Crippen LogP) is 1.38. The van der Waals surface area contributed by atoms with Crippen molar-refractivity contribution in [3.63, 3.8) is 0 Å². The molecule has 1 atom stereocenters. The zero-order valence-electron chi connectivity index (χ0n) is 11.9. The van der Waals surface area contributed by atoms with E-state index < -0.39 is 0 Å². The van der Waals surface area contributed by atoms with Gasteiger partial charge in [0.1, 0.15) is 6.04 Å². The summed E-state index contributed by atoms with van der Waals surface area (Å²) in [4.78, 5) is 14.1. The number of piperazine rings is 1. The molecule has 104 valence electrons. The van der Waals surface area contributed by atoms with Gasteiger partial charge in [0, 0.05) is 25.3 Å². The average molecular weight is 261 g/mol. The Balaban J connectivity index is 2.47. The van der Waals surface area contributed by atoms with Crippen molar-refractivity contribution in [2.75, 3.05) is 24.5 Å². The monoisotopic (exact) mass is 261 g/mol. The average Bonchev–Trinajstić information content (AvgIpc) is 2.38. The smallest absolute Gasteiger partial charge is 0.244 e. The Morgan fingerprint density at radius 2 is 2.21 bits per heavy atom. The summed E-state index contributed by atoms with van der Waals surface area (Å²) >= 11 is 0. The lowest BCUT2D eigenvalue weighted by molar-refractivity contribution is -0.123. The van der Waals surface area contributed by atoms with E-state index in [0.29, 0.717) is 19.0 Å². The van der Waals surface area contributed by atoms with Crippen molar-refractivity contribution in [2.45, 2.75) is 32.7 Å². The summed E-state index contributed by atoms with van der Waals surface area (Å²) < 4.78 is 0. The molecular weight excluding hydrogens is 238 g/mol. The first-order valence-electron chi connectivity index (χ1n) is 6.90. The van der Waals surface area contributed by atoms with Crippen molar-refractivity contribution in [1.82, 2.24) is 5.32 Å². The zero-order chi connectivity index (χ0) is 14.0. The summed E-state index contributed by atoms with van der Waals surface area (Å²) in [6.45, 7) is 8.30. The number of para-hydroxylation sites is 1. The number of carbonyl (C=O) groups excluding carboxylic acids is 1. The van der Waals surface area contributed by atoms with Gasteiger partial charge in [-0.25, -0.2) is 0 Å². The van der Waals surface area contributed by atoms with Gasteiger partial charge >= 0.3 is 0 Å². The number of nitrogens with one attached hydrogen (secondary N) is 1. The second-order valence-corrected chi connectivity index (χ2v) is 5.40. The zero-order valence-corrected chi connectivity index (χ0v) is 11.9. The molecule has 1 saturated heterocycles. The Labute approximate surface area is 115 Å². The van der Waals surface area contributed by atoms with Crippen LogP contribution in [0.4, 0.5) is 5.69 Å². The molecule has 3 N–H and O–H groups in total. The Morgan fingerprint density at radius 3 is 2.84 bits per heavy atom. The van der Waals surface area contributed by atoms with E-state index in [1.165, 1.54) is 16.8 Å². The van der Waals surface area contributed by atoms with Gasteiger partial charge < -0.3 is 16.0 Å². The molecule has 1 aliphatic rings. The van der Waals surface area contributed by atoms with E-state index in [-0.39, 0.29) is 11.9 Å². The molecular formula is C15H23N3O. The van der Waals surface area contributed by atoms with Gasteiger partial charge in [-0.1, -0.05) is 32.0 Å². The van der Waals surface area contributed by atoms with Crippen LogP contribution in [0.15, 0.2) is 18.2 Å². The van der Waals surface area contributed by atoms with Crippen molar-refractivity contribution in [3.05, 3.63) is 29.3 Å². The van der Waals surface area contributed by atoms with Gasteiger partial charge in [0.25, 0.3) is 0 Å². The van der Waals surface area contributed by atoms with E-state index in [1.54, 1.807) is 0 Å². The number of benzene rings is 1. The number of nitrogens with two attached hydrogens (primary N) is 1. The highest BCUT2D eigenvalue weighted by Crippen LogP contribution is 2.32. The summed E-state index contributed by atoms with van der Waals surface area (Å²) in [5.74, 6) is 0.463. The molecule has 1 fully saturated rings. The molecule has 0 aromatic heterocycles. The summed E-state index contributed by atoms with van der Waals surface area (Å²) in [5.41, 5.74) is 9.47. The van der Waals surface area contributed by atoms with Gasteiger partial charge in [-0.15, -0.1) is 0 Å². The quantitative estimate of drug-likeness (QED) is 0.864. The van der Waals surface area contributed by atoms with Gasteiger partial charge in [-0.2, -0.15) is 0 Å². The van der Waals surface area contributed by atoms with E-state index in [4.69, 9.17) is 5.73 Å². The van der Waals surface area contributed by atoms with Crippen molar-refractivity contribution in [2.24, 2.45) is 5.73 Å². The normalized spacial score (nSPS) is 19.7. The summed E-state index contributed by atoms with van der Waals surface area (Å²) in [5, 5.41) is 2.89. The fourth-order valence-electron chi connectivity index (χ4n) is 2.76. The molecule has 19 heavy (non-hydrogen) atoms. The lowest BCUT2D eigenvalue weighted by Gasteiger charge is -2.38. The molecule has 0 aliphatic carbocycles. The number of hydrogen-bond acceptors (Lipinski definition) is 3. The van der Waals surface area contributed by atoms with Crippen LogP contribution in [-0.2, 0) is 4.79 Å². The molecule has 4 heteroatoms. The molecule has 1 unspecified atom stereocenters. The second kappa shape index (κ2) is 5.61. The topological polar surface area (TPSA) is 58.4 Å². The molecule has 1 aromatic rings. The maximum atomic E-state index is 12.0. The lowest BCUT2D eigenvalue weighted by atomic mass is 9.95. The lowest BCUT2D eigenvalue weighted by Crippen LogP contribution is -2.58. The SMILES string of the molecule is Cc1cccc(C(C)C)c1N1CCNC(=O)C1CN. The number of amides is 1. The van der Waals surface area contributed by atoms with Crippen molar-refractivity contribution in [3.8, 4) is 0 Å². The fraction of sp³-hybridized carbons (Fsp3) is 0.533. The highest BCUT2D eigenvalue weighted by molar-refractivity contribution is 5.87. The van der Waals surface area contributed by atoms with Crippen LogP contribution in [0.5, 0.6) is 0 Å². The van der Waals surface area contributed by atoms with Crippen molar-refractivity contribution >= 4 is 11.6 Å². The first-order chi connectivity index (χ1) is 9.06. The van der Waals surface area contributed by atoms with Gasteiger partial charge in [-0.05, 0) is 24.0 Å². The standard InChI is InChI=1S/C15H23N3O/c1-10(2)12-6-4-5-11(3)14(12)18-8-7-17-15(19)13(18)9-16/h4-6,10,13H,7-9,16H2,1-3H3,(H,17,19). The van der Waals surface area contributed by atoms with Gasteiger partial charge in [-0.3, -0.25) is 4.79 Å². The van der Waals surface area contributed by atoms with E-state index in [1.807, 2.05) is 0 Å². The fourth-order valence-corrected chi connectivity index (χ4v) is 2.76. The van der Waals surface area contributed by atoms with Crippen LogP contribution < -0.4 is 16.0 Å². The third-order valence-electron chi connectivity index (χ3n) is 3.73. The number of rotatable bonds is 3. The number of aryl methyl sites for hydroxylation is 1. The van der Waals surface area contributed by atoms with Gasteiger partial charge in [0.05, 0.1) is 0 Å².